The zero-order chi connectivity index (χ0) is 28.0. The summed E-state index contributed by atoms with van der Waals surface area (Å²) in [6.45, 7) is 6.97. The van der Waals surface area contributed by atoms with Crippen LogP contribution >= 0.6 is 0 Å². The number of aliphatic hydroxyl groups is 1. The largest absolute Gasteiger partial charge is 0.386 e. The van der Waals surface area contributed by atoms with Crippen LogP contribution in [0.2, 0.25) is 0 Å². The van der Waals surface area contributed by atoms with E-state index in [0.717, 1.165) is 50.1 Å². The van der Waals surface area contributed by atoms with Gasteiger partial charge in [0.05, 0.1) is 27.3 Å². The molecule has 2 heterocycles. The molecule has 7 heteroatoms. The topological polar surface area (TPSA) is 93.0 Å². The molecule has 0 aliphatic heterocycles. The van der Waals surface area contributed by atoms with E-state index >= 15 is 0 Å². The molecular formula is C32H31N3O3S. The van der Waals surface area contributed by atoms with E-state index in [0.29, 0.717) is 5.56 Å². The van der Waals surface area contributed by atoms with Crippen LogP contribution in [-0.2, 0) is 20.2 Å². The highest BCUT2D eigenvalue weighted by atomic mass is 32.2. The van der Waals surface area contributed by atoms with E-state index in [1.54, 1.807) is 46.3 Å². The maximum absolute atomic E-state index is 12.7. The van der Waals surface area contributed by atoms with E-state index in [-0.39, 0.29) is 0 Å². The van der Waals surface area contributed by atoms with E-state index in [2.05, 4.69) is 15.0 Å². The fourth-order valence-corrected chi connectivity index (χ4v) is 5.15. The van der Waals surface area contributed by atoms with Crippen molar-refractivity contribution in [2.24, 2.45) is 0 Å². The Labute approximate surface area is 229 Å². The molecule has 39 heavy (non-hydrogen) atoms. The van der Waals surface area contributed by atoms with Crippen LogP contribution in [0.4, 0.5) is 0 Å². The van der Waals surface area contributed by atoms with E-state index in [4.69, 9.17) is 0 Å². The standard InChI is InChI=1S/C32H31N3O3S/c1-31(2,36)25-13-11-21(12-14-25)29-30(35-17-16-34-29)23-9-6-8-22(18-23)27-20-26(32(3,4)39(5,37)38)19-24-10-7-15-33-28(24)27/h6-20,36H,1-5H3. The number of hydrogen-bond donors (Lipinski definition) is 1. The van der Waals surface area contributed by atoms with E-state index in [1.807, 2.05) is 72.8 Å². The Hall–Kier alpha value is -3.94. The van der Waals surface area contributed by atoms with E-state index in [1.165, 1.54) is 6.26 Å². The summed E-state index contributed by atoms with van der Waals surface area (Å²) in [6, 6.07) is 23.3. The first-order valence-electron chi connectivity index (χ1n) is 12.7. The molecule has 0 spiro atoms. The molecule has 0 bridgehead atoms. The van der Waals surface area contributed by atoms with Crippen molar-refractivity contribution in [1.82, 2.24) is 15.0 Å². The van der Waals surface area contributed by atoms with Crippen molar-refractivity contribution in [3.63, 3.8) is 0 Å². The average molecular weight is 538 g/mol. The first kappa shape index (κ1) is 26.7. The van der Waals surface area contributed by atoms with Gasteiger partial charge in [0.2, 0.25) is 0 Å². The molecule has 198 valence electrons. The second-order valence-corrected chi connectivity index (χ2v) is 13.4. The minimum Gasteiger partial charge on any atom is -0.386 e. The van der Waals surface area contributed by atoms with Crippen molar-refractivity contribution in [2.45, 2.75) is 38.0 Å². The number of fused-ring (bicyclic) bond motifs is 1. The quantitative estimate of drug-likeness (QED) is 0.265. The third kappa shape index (κ3) is 5.07. The SMILES string of the molecule is CC(C)(O)c1ccc(-c2nccnc2-c2cccc(-c3cc(C(C)(C)S(C)(=O)=O)cc4cccnc34)c2)cc1. The van der Waals surface area contributed by atoms with Gasteiger partial charge in [-0.25, -0.2) is 8.42 Å². The zero-order valence-corrected chi connectivity index (χ0v) is 23.5. The minimum atomic E-state index is -3.38. The zero-order valence-electron chi connectivity index (χ0n) is 22.7. The van der Waals surface area contributed by atoms with Crippen molar-refractivity contribution in [1.29, 1.82) is 0 Å². The summed E-state index contributed by atoms with van der Waals surface area (Å²) in [6.07, 6.45) is 6.35. The second kappa shape index (κ2) is 9.67. The van der Waals surface area contributed by atoms with E-state index < -0.39 is 20.2 Å². The third-order valence-corrected chi connectivity index (χ3v) is 9.43. The number of aromatic nitrogens is 3. The van der Waals surface area contributed by atoms with Crippen molar-refractivity contribution < 1.29 is 13.5 Å². The predicted octanol–water partition coefficient (Wildman–Crippen LogP) is 6.53. The molecule has 0 unspecified atom stereocenters. The van der Waals surface area contributed by atoms with Crippen LogP contribution < -0.4 is 0 Å². The molecule has 0 aliphatic rings. The molecule has 0 radical (unpaired) electrons. The van der Waals surface area contributed by atoms with Crippen LogP contribution in [0.1, 0.15) is 38.8 Å². The monoisotopic (exact) mass is 537 g/mol. The maximum atomic E-state index is 12.7. The number of nitrogens with zero attached hydrogens (tertiary/aromatic N) is 3. The molecule has 0 fully saturated rings. The van der Waals surface area contributed by atoms with Gasteiger partial charge < -0.3 is 5.11 Å². The Morgan fingerprint density at radius 2 is 1.31 bits per heavy atom. The van der Waals surface area contributed by atoms with Gasteiger partial charge in [-0.05, 0) is 68.7 Å². The number of benzene rings is 3. The Morgan fingerprint density at radius 1 is 0.667 bits per heavy atom. The van der Waals surface area contributed by atoms with Crippen LogP contribution in [0.15, 0.2) is 91.4 Å². The lowest BCUT2D eigenvalue weighted by molar-refractivity contribution is 0.0786. The molecule has 3 aromatic carbocycles. The maximum Gasteiger partial charge on any atom is 0.156 e. The summed E-state index contributed by atoms with van der Waals surface area (Å²) >= 11 is 0. The van der Waals surface area contributed by atoms with Crippen molar-refractivity contribution in [2.75, 3.05) is 6.26 Å². The first-order chi connectivity index (χ1) is 18.4. The summed E-state index contributed by atoms with van der Waals surface area (Å²) in [4.78, 5) is 14.0. The van der Waals surface area contributed by atoms with Gasteiger partial charge in [0.25, 0.3) is 0 Å². The smallest absolute Gasteiger partial charge is 0.156 e. The molecule has 0 saturated carbocycles. The summed E-state index contributed by atoms with van der Waals surface area (Å²) in [5.74, 6) is 0. The second-order valence-electron chi connectivity index (χ2n) is 10.9. The minimum absolute atomic E-state index is 0.706. The van der Waals surface area contributed by atoms with Gasteiger partial charge in [-0.15, -0.1) is 0 Å². The predicted molar refractivity (Wildman–Crippen MR) is 157 cm³/mol. The van der Waals surface area contributed by atoms with Gasteiger partial charge >= 0.3 is 0 Å². The molecule has 0 amide bonds. The fourth-order valence-electron chi connectivity index (χ4n) is 4.60. The molecular weight excluding hydrogens is 506 g/mol. The number of hydrogen-bond acceptors (Lipinski definition) is 6. The summed E-state index contributed by atoms with van der Waals surface area (Å²) in [5.41, 5.74) is 6.34. The van der Waals surface area contributed by atoms with Gasteiger partial charge in [0.15, 0.2) is 9.84 Å². The highest BCUT2D eigenvalue weighted by molar-refractivity contribution is 7.91. The van der Waals surface area contributed by atoms with Crippen LogP contribution in [-0.4, -0.2) is 34.7 Å². The highest BCUT2D eigenvalue weighted by Gasteiger charge is 2.33. The molecule has 2 aromatic heterocycles. The normalized spacial score (nSPS) is 12.6. The van der Waals surface area contributed by atoms with Gasteiger partial charge in [0.1, 0.15) is 0 Å². The number of pyridine rings is 1. The molecule has 0 atom stereocenters. The van der Waals surface area contributed by atoms with Gasteiger partial charge in [-0.2, -0.15) is 0 Å². The van der Waals surface area contributed by atoms with E-state index in [9.17, 15) is 13.5 Å². The van der Waals surface area contributed by atoms with Crippen LogP contribution in [0, 0.1) is 0 Å². The highest BCUT2D eigenvalue weighted by Crippen LogP contribution is 2.38. The fraction of sp³-hybridized carbons (Fsp3) is 0.219. The average Bonchev–Trinajstić information content (AvgIpc) is 2.91. The van der Waals surface area contributed by atoms with Crippen LogP contribution in [0.3, 0.4) is 0 Å². The molecule has 0 aliphatic carbocycles. The van der Waals surface area contributed by atoms with Crippen LogP contribution in [0.5, 0.6) is 0 Å². The van der Waals surface area contributed by atoms with Gasteiger partial charge in [0, 0.05) is 46.9 Å². The van der Waals surface area contributed by atoms with Gasteiger partial charge in [-0.1, -0.05) is 48.5 Å². The van der Waals surface area contributed by atoms with Gasteiger partial charge in [-0.3, -0.25) is 15.0 Å². The summed E-state index contributed by atoms with van der Waals surface area (Å²) in [7, 11) is -3.38. The molecule has 0 saturated heterocycles. The number of rotatable bonds is 6. The molecule has 1 N–H and O–H groups in total. The van der Waals surface area contributed by atoms with Crippen molar-refractivity contribution in [3.8, 4) is 33.6 Å². The summed E-state index contributed by atoms with van der Waals surface area (Å²) < 4.78 is 24.3. The Balaban J connectivity index is 1.66. The lowest BCUT2D eigenvalue weighted by Crippen LogP contribution is -2.28. The Bertz CT molecular complexity index is 1790. The first-order valence-corrected chi connectivity index (χ1v) is 14.6. The number of sulfone groups is 1. The Morgan fingerprint density at radius 3 is 1.95 bits per heavy atom. The lowest BCUT2D eigenvalue weighted by Gasteiger charge is -2.24. The van der Waals surface area contributed by atoms with Crippen molar-refractivity contribution >= 4 is 20.7 Å². The van der Waals surface area contributed by atoms with Crippen molar-refractivity contribution in [3.05, 3.63) is 103 Å². The van der Waals surface area contributed by atoms with Crippen LogP contribution in [0.25, 0.3) is 44.5 Å². The third-order valence-electron chi connectivity index (χ3n) is 7.34. The molecule has 6 nitrogen and oxygen atoms in total. The molecule has 5 aromatic rings. The molecule has 5 rings (SSSR count). The summed E-state index contributed by atoms with van der Waals surface area (Å²) in [5, 5.41) is 11.2. The Kier molecular flexibility index (Phi) is 6.61. The lowest BCUT2D eigenvalue weighted by atomic mass is 9.92.